The van der Waals surface area contributed by atoms with Crippen molar-refractivity contribution in [1.29, 1.82) is 0 Å². The maximum Gasteiger partial charge on any atom is 0.0604 e. The van der Waals surface area contributed by atoms with Gasteiger partial charge in [-0.2, -0.15) is 0 Å². The van der Waals surface area contributed by atoms with Crippen molar-refractivity contribution in [3.63, 3.8) is 0 Å². The highest BCUT2D eigenvalue weighted by Gasteiger charge is 2.36. The molecule has 1 aromatic rings. The molecule has 0 amide bonds. The van der Waals surface area contributed by atoms with Gasteiger partial charge in [-0.15, -0.1) is 0 Å². The number of ether oxygens (including phenoxy) is 1. The minimum atomic E-state index is 0.523. The molecule has 0 unspecified atom stereocenters. The Hall–Kier alpha value is -0.860. The molecule has 2 fully saturated rings. The summed E-state index contributed by atoms with van der Waals surface area (Å²) in [5.74, 6) is 0.778. The Morgan fingerprint density at radius 1 is 1.16 bits per heavy atom. The van der Waals surface area contributed by atoms with E-state index >= 15 is 0 Å². The van der Waals surface area contributed by atoms with Crippen LogP contribution in [-0.4, -0.2) is 24.8 Å². The third-order valence-corrected chi connectivity index (χ3v) is 4.62. The minimum absolute atomic E-state index is 0.523. The Morgan fingerprint density at radius 3 is 2.58 bits per heavy atom. The van der Waals surface area contributed by atoms with E-state index in [2.05, 4.69) is 43.4 Å². The zero-order chi connectivity index (χ0) is 13.2. The molecule has 0 spiro atoms. The van der Waals surface area contributed by atoms with Crippen LogP contribution in [0.4, 0.5) is 0 Å². The van der Waals surface area contributed by atoms with Crippen LogP contribution in [0.15, 0.2) is 24.3 Å². The molecule has 0 bridgehead atoms. The van der Waals surface area contributed by atoms with Crippen LogP contribution < -0.4 is 5.32 Å². The number of nitrogens with one attached hydrogen (secondary N) is 1. The van der Waals surface area contributed by atoms with Gasteiger partial charge in [0.05, 0.1) is 6.10 Å². The van der Waals surface area contributed by atoms with Gasteiger partial charge in [-0.05, 0) is 51.0 Å². The minimum Gasteiger partial charge on any atom is -0.378 e. The quantitative estimate of drug-likeness (QED) is 0.875. The molecule has 2 aliphatic rings. The van der Waals surface area contributed by atoms with Crippen LogP contribution in [0.5, 0.6) is 0 Å². The molecule has 2 heteroatoms. The molecule has 19 heavy (non-hydrogen) atoms. The third kappa shape index (κ3) is 3.01. The molecular formula is C17H25NO. The Labute approximate surface area is 116 Å². The van der Waals surface area contributed by atoms with E-state index in [1.165, 1.54) is 36.8 Å². The maximum absolute atomic E-state index is 5.60. The molecule has 104 valence electrons. The summed E-state index contributed by atoms with van der Waals surface area (Å²) in [5, 5.41) is 3.78. The van der Waals surface area contributed by atoms with Crippen molar-refractivity contribution >= 4 is 0 Å². The highest BCUT2D eigenvalue weighted by atomic mass is 16.5. The van der Waals surface area contributed by atoms with Gasteiger partial charge in [0.1, 0.15) is 0 Å². The van der Waals surface area contributed by atoms with E-state index in [0.29, 0.717) is 12.1 Å². The van der Waals surface area contributed by atoms with Crippen LogP contribution in [0.1, 0.15) is 49.7 Å². The zero-order valence-corrected chi connectivity index (χ0v) is 12.1. The average molecular weight is 259 g/mol. The van der Waals surface area contributed by atoms with Crippen LogP contribution in [0.25, 0.3) is 0 Å². The van der Waals surface area contributed by atoms with Crippen LogP contribution in [0.3, 0.4) is 0 Å². The smallest absolute Gasteiger partial charge is 0.0604 e. The second-order valence-corrected chi connectivity index (χ2v) is 6.19. The summed E-state index contributed by atoms with van der Waals surface area (Å²) in [4.78, 5) is 0. The summed E-state index contributed by atoms with van der Waals surface area (Å²) in [6.07, 6.45) is 5.55. The molecule has 0 saturated heterocycles. The number of benzene rings is 1. The summed E-state index contributed by atoms with van der Waals surface area (Å²) in [6.45, 7) is 5.12. The first kappa shape index (κ1) is 13.1. The van der Waals surface area contributed by atoms with Crippen molar-refractivity contribution in [1.82, 2.24) is 5.32 Å². The first-order valence-electron chi connectivity index (χ1n) is 7.68. The van der Waals surface area contributed by atoms with E-state index in [-0.39, 0.29) is 0 Å². The lowest BCUT2D eigenvalue weighted by Gasteiger charge is -2.43. The normalized spacial score (nSPS) is 33.6. The Bertz CT molecular complexity index is 419. The van der Waals surface area contributed by atoms with E-state index in [1.807, 2.05) is 0 Å². The molecule has 1 aromatic carbocycles. The first-order chi connectivity index (χ1) is 9.24. The number of hydrogen-bond acceptors (Lipinski definition) is 2. The zero-order valence-electron chi connectivity index (χ0n) is 12.1. The Balaban J connectivity index is 1.39. The molecular weight excluding hydrogens is 234 g/mol. The number of hydrogen-bond donors (Lipinski definition) is 1. The molecule has 0 aliphatic heterocycles. The number of aryl methyl sites for hydroxylation is 1. The van der Waals surface area contributed by atoms with E-state index in [1.54, 1.807) is 0 Å². The van der Waals surface area contributed by atoms with Crippen molar-refractivity contribution in [2.45, 2.75) is 63.6 Å². The van der Waals surface area contributed by atoms with E-state index in [0.717, 1.165) is 18.6 Å². The van der Waals surface area contributed by atoms with Gasteiger partial charge in [-0.25, -0.2) is 0 Å². The van der Waals surface area contributed by atoms with Gasteiger partial charge in [0.25, 0.3) is 0 Å². The molecule has 2 nitrogen and oxygen atoms in total. The second-order valence-electron chi connectivity index (χ2n) is 6.19. The molecule has 0 heterocycles. The highest BCUT2D eigenvalue weighted by molar-refractivity contribution is 5.27. The van der Waals surface area contributed by atoms with Gasteiger partial charge in [0.2, 0.25) is 0 Å². The van der Waals surface area contributed by atoms with Gasteiger partial charge < -0.3 is 10.1 Å². The molecule has 0 radical (unpaired) electrons. The summed E-state index contributed by atoms with van der Waals surface area (Å²) >= 11 is 0. The second kappa shape index (κ2) is 5.64. The third-order valence-electron chi connectivity index (χ3n) is 4.62. The molecule has 2 saturated carbocycles. The largest absolute Gasteiger partial charge is 0.378 e. The monoisotopic (exact) mass is 259 g/mol. The average Bonchev–Trinajstić information content (AvgIpc) is 2.29. The highest BCUT2D eigenvalue weighted by Crippen LogP contribution is 2.38. The van der Waals surface area contributed by atoms with Crippen molar-refractivity contribution in [3.8, 4) is 0 Å². The number of rotatable bonds is 5. The SMILES string of the molecule is CCOC1CC(NC2CC(c3cccc(C)c3)C2)C1. The topological polar surface area (TPSA) is 21.3 Å². The lowest BCUT2D eigenvalue weighted by atomic mass is 9.74. The van der Waals surface area contributed by atoms with E-state index < -0.39 is 0 Å². The fourth-order valence-electron chi connectivity index (χ4n) is 3.36. The van der Waals surface area contributed by atoms with Crippen LogP contribution in [0.2, 0.25) is 0 Å². The molecule has 1 N–H and O–H groups in total. The van der Waals surface area contributed by atoms with E-state index in [4.69, 9.17) is 4.74 Å². The van der Waals surface area contributed by atoms with Crippen LogP contribution in [-0.2, 0) is 4.74 Å². The fraction of sp³-hybridized carbons (Fsp3) is 0.647. The lowest BCUT2D eigenvalue weighted by molar-refractivity contribution is -0.0154. The first-order valence-corrected chi connectivity index (χ1v) is 7.68. The molecule has 3 rings (SSSR count). The van der Waals surface area contributed by atoms with Crippen molar-refractivity contribution in [2.24, 2.45) is 0 Å². The van der Waals surface area contributed by atoms with Crippen LogP contribution in [0, 0.1) is 6.92 Å². The van der Waals surface area contributed by atoms with Gasteiger partial charge in [-0.3, -0.25) is 0 Å². The molecule has 2 aliphatic carbocycles. The fourth-order valence-corrected chi connectivity index (χ4v) is 3.36. The Morgan fingerprint density at radius 2 is 1.89 bits per heavy atom. The summed E-state index contributed by atoms with van der Waals surface area (Å²) in [6, 6.07) is 10.4. The lowest BCUT2D eigenvalue weighted by Crippen LogP contribution is -2.52. The molecule has 0 atom stereocenters. The van der Waals surface area contributed by atoms with Gasteiger partial charge in [0.15, 0.2) is 0 Å². The van der Waals surface area contributed by atoms with Crippen LogP contribution >= 0.6 is 0 Å². The summed E-state index contributed by atoms with van der Waals surface area (Å²) in [5.41, 5.74) is 2.91. The van der Waals surface area contributed by atoms with Gasteiger partial charge in [0, 0.05) is 18.7 Å². The standard InChI is InChI=1S/C17H25NO/c1-3-19-17-10-16(11-17)18-15-8-14(9-15)13-6-4-5-12(2)7-13/h4-7,14-18H,3,8-11H2,1-2H3. The van der Waals surface area contributed by atoms with Crippen molar-refractivity contribution < 1.29 is 4.74 Å². The van der Waals surface area contributed by atoms with Crippen molar-refractivity contribution in [3.05, 3.63) is 35.4 Å². The van der Waals surface area contributed by atoms with Gasteiger partial charge >= 0.3 is 0 Å². The van der Waals surface area contributed by atoms with Gasteiger partial charge in [-0.1, -0.05) is 29.8 Å². The summed E-state index contributed by atoms with van der Waals surface area (Å²) < 4.78 is 5.60. The predicted octanol–water partition coefficient (Wildman–Crippen LogP) is 3.40. The Kier molecular flexibility index (Phi) is 3.90. The predicted molar refractivity (Wildman–Crippen MR) is 78.5 cm³/mol. The van der Waals surface area contributed by atoms with E-state index in [9.17, 15) is 0 Å². The maximum atomic E-state index is 5.60. The molecule has 0 aromatic heterocycles. The summed E-state index contributed by atoms with van der Waals surface area (Å²) in [7, 11) is 0. The van der Waals surface area contributed by atoms with Crippen molar-refractivity contribution in [2.75, 3.05) is 6.61 Å².